The molecule has 1 aliphatic carbocycles. The molecular weight excluding hydrogens is 218 g/mol. The summed E-state index contributed by atoms with van der Waals surface area (Å²) >= 11 is 0. The zero-order valence-corrected chi connectivity index (χ0v) is 9.90. The van der Waals surface area contributed by atoms with Crippen LogP contribution in [0.4, 0.5) is 5.69 Å². The van der Waals surface area contributed by atoms with Crippen LogP contribution >= 0.6 is 0 Å². The molecule has 0 aliphatic heterocycles. The van der Waals surface area contributed by atoms with Gasteiger partial charge in [-0.25, -0.2) is 4.79 Å². The lowest BCUT2D eigenvalue weighted by Crippen LogP contribution is -2.43. The number of ether oxygens (including phenoxy) is 1. The number of hydrogen-bond donors (Lipinski definition) is 2. The Morgan fingerprint density at radius 2 is 2.00 bits per heavy atom. The molecule has 0 unspecified atom stereocenters. The Labute approximate surface area is 101 Å². The van der Waals surface area contributed by atoms with E-state index in [1.54, 1.807) is 7.11 Å². The number of anilines is 1. The standard InChI is InChI=1S/C13H17NO3/c1-17-11-7-3-2-6-10(11)14-13(12(15)16)8-4-5-9-13/h2-3,6-7,14H,4-5,8-9H2,1H3,(H,15,16). The maximum absolute atomic E-state index is 11.4. The highest BCUT2D eigenvalue weighted by atomic mass is 16.5. The summed E-state index contributed by atoms with van der Waals surface area (Å²) in [5.74, 6) is -0.0964. The van der Waals surface area contributed by atoms with Gasteiger partial charge >= 0.3 is 5.97 Å². The fraction of sp³-hybridized carbons (Fsp3) is 0.462. The maximum atomic E-state index is 11.4. The van der Waals surface area contributed by atoms with Gasteiger partial charge in [0.2, 0.25) is 0 Å². The lowest BCUT2D eigenvalue weighted by atomic mass is 9.97. The summed E-state index contributed by atoms with van der Waals surface area (Å²) in [5.41, 5.74) is -0.0754. The predicted molar refractivity (Wildman–Crippen MR) is 65.5 cm³/mol. The molecule has 0 amide bonds. The molecule has 0 radical (unpaired) electrons. The summed E-state index contributed by atoms with van der Waals surface area (Å²) in [6.45, 7) is 0. The van der Waals surface area contributed by atoms with Crippen LogP contribution in [-0.4, -0.2) is 23.7 Å². The molecular formula is C13H17NO3. The van der Waals surface area contributed by atoms with Crippen LogP contribution in [0.5, 0.6) is 5.75 Å². The molecule has 0 saturated heterocycles. The molecule has 2 N–H and O–H groups in total. The van der Waals surface area contributed by atoms with Gasteiger partial charge in [-0.1, -0.05) is 25.0 Å². The number of carbonyl (C=O) groups is 1. The number of nitrogens with one attached hydrogen (secondary N) is 1. The van der Waals surface area contributed by atoms with Crippen LogP contribution in [0.3, 0.4) is 0 Å². The summed E-state index contributed by atoms with van der Waals surface area (Å²) in [4.78, 5) is 11.4. The Kier molecular flexibility index (Phi) is 3.22. The molecule has 1 saturated carbocycles. The fourth-order valence-electron chi connectivity index (χ4n) is 2.38. The fourth-order valence-corrected chi connectivity index (χ4v) is 2.38. The summed E-state index contributed by atoms with van der Waals surface area (Å²) in [6, 6.07) is 7.41. The molecule has 4 heteroatoms. The first kappa shape index (κ1) is 11.8. The first-order valence-electron chi connectivity index (χ1n) is 5.82. The zero-order valence-electron chi connectivity index (χ0n) is 9.90. The largest absolute Gasteiger partial charge is 0.495 e. The monoisotopic (exact) mass is 235 g/mol. The molecule has 2 rings (SSSR count). The van der Waals surface area contributed by atoms with Crippen molar-refractivity contribution in [3.8, 4) is 5.75 Å². The van der Waals surface area contributed by atoms with E-state index in [9.17, 15) is 9.90 Å². The van der Waals surface area contributed by atoms with Gasteiger partial charge in [0.1, 0.15) is 11.3 Å². The Bertz CT molecular complexity index is 411. The highest BCUT2D eigenvalue weighted by molar-refractivity contribution is 5.84. The molecule has 1 aromatic carbocycles. The molecule has 0 atom stereocenters. The van der Waals surface area contributed by atoms with Gasteiger partial charge in [-0.05, 0) is 25.0 Å². The van der Waals surface area contributed by atoms with Gasteiger partial charge in [0.05, 0.1) is 12.8 Å². The number of aliphatic carboxylic acids is 1. The lowest BCUT2D eigenvalue weighted by molar-refractivity contribution is -0.142. The molecule has 0 aromatic heterocycles. The molecule has 4 nitrogen and oxygen atoms in total. The lowest BCUT2D eigenvalue weighted by Gasteiger charge is -2.27. The molecule has 92 valence electrons. The first-order chi connectivity index (χ1) is 8.18. The van der Waals surface area contributed by atoms with Crippen molar-refractivity contribution in [2.24, 2.45) is 0 Å². The third-order valence-corrected chi connectivity index (χ3v) is 3.35. The van der Waals surface area contributed by atoms with E-state index in [4.69, 9.17) is 4.74 Å². The minimum Gasteiger partial charge on any atom is -0.495 e. The third kappa shape index (κ3) is 2.20. The van der Waals surface area contributed by atoms with Crippen molar-refractivity contribution in [2.75, 3.05) is 12.4 Å². The van der Waals surface area contributed by atoms with Gasteiger partial charge < -0.3 is 15.2 Å². The van der Waals surface area contributed by atoms with E-state index in [1.807, 2.05) is 24.3 Å². The van der Waals surface area contributed by atoms with E-state index < -0.39 is 11.5 Å². The van der Waals surface area contributed by atoms with E-state index in [-0.39, 0.29) is 0 Å². The van der Waals surface area contributed by atoms with Crippen molar-refractivity contribution in [3.05, 3.63) is 24.3 Å². The summed E-state index contributed by atoms with van der Waals surface area (Å²) in [6.07, 6.45) is 3.24. The van der Waals surface area contributed by atoms with Crippen molar-refractivity contribution in [3.63, 3.8) is 0 Å². The van der Waals surface area contributed by atoms with Gasteiger partial charge in [-0.3, -0.25) is 0 Å². The molecule has 0 bridgehead atoms. The second kappa shape index (κ2) is 4.65. The summed E-state index contributed by atoms with van der Waals surface area (Å²) in [7, 11) is 1.59. The minimum atomic E-state index is -0.825. The van der Waals surface area contributed by atoms with Crippen molar-refractivity contribution in [2.45, 2.75) is 31.2 Å². The average molecular weight is 235 g/mol. The number of hydrogen-bond acceptors (Lipinski definition) is 3. The van der Waals surface area contributed by atoms with Crippen LogP contribution < -0.4 is 10.1 Å². The number of carboxylic acid groups (broad SMARTS) is 1. The number of benzene rings is 1. The van der Waals surface area contributed by atoms with E-state index in [0.29, 0.717) is 18.6 Å². The highest BCUT2D eigenvalue weighted by Gasteiger charge is 2.41. The van der Waals surface area contributed by atoms with Crippen molar-refractivity contribution in [1.82, 2.24) is 0 Å². The molecule has 0 spiro atoms. The Hall–Kier alpha value is -1.71. The molecule has 1 aliphatic rings. The maximum Gasteiger partial charge on any atom is 0.329 e. The highest BCUT2D eigenvalue weighted by Crippen LogP contribution is 2.36. The third-order valence-electron chi connectivity index (χ3n) is 3.35. The molecule has 1 aromatic rings. The van der Waals surface area contributed by atoms with Gasteiger partial charge in [0, 0.05) is 0 Å². The Balaban J connectivity index is 2.26. The van der Waals surface area contributed by atoms with E-state index in [1.165, 1.54) is 0 Å². The number of para-hydroxylation sites is 2. The van der Waals surface area contributed by atoms with Crippen LogP contribution in [0.1, 0.15) is 25.7 Å². The molecule has 1 fully saturated rings. The average Bonchev–Trinajstić information content (AvgIpc) is 2.80. The quantitative estimate of drug-likeness (QED) is 0.841. The van der Waals surface area contributed by atoms with Crippen LogP contribution in [0.15, 0.2) is 24.3 Å². The van der Waals surface area contributed by atoms with E-state index in [0.717, 1.165) is 18.5 Å². The topological polar surface area (TPSA) is 58.6 Å². The first-order valence-corrected chi connectivity index (χ1v) is 5.82. The predicted octanol–water partition coefficient (Wildman–Crippen LogP) is 2.50. The number of rotatable bonds is 4. The van der Waals surface area contributed by atoms with E-state index in [2.05, 4.69) is 5.32 Å². The van der Waals surface area contributed by atoms with Gasteiger partial charge in [-0.2, -0.15) is 0 Å². The zero-order chi connectivity index (χ0) is 12.3. The van der Waals surface area contributed by atoms with E-state index >= 15 is 0 Å². The van der Waals surface area contributed by atoms with Crippen LogP contribution in [0.25, 0.3) is 0 Å². The smallest absolute Gasteiger partial charge is 0.329 e. The van der Waals surface area contributed by atoms with Gasteiger partial charge in [0.25, 0.3) is 0 Å². The Morgan fingerprint density at radius 3 is 2.59 bits per heavy atom. The normalized spacial score (nSPS) is 17.7. The van der Waals surface area contributed by atoms with Crippen molar-refractivity contribution in [1.29, 1.82) is 0 Å². The van der Waals surface area contributed by atoms with Gasteiger partial charge in [0.15, 0.2) is 0 Å². The second-order valence-corrected chi connectivity index (χ2v) is 4.42. The summed E-state index contributed by atoms with van der Waals surface area (Å²) in [5, 5.41) is 12.5. The molecule has 17 heavy (non-hydrogen) atoms. The second-order valence-electron chi connectivity index (χ2n) is 4.42. The van der Waals surface area contributed by atoms with Crippen LogP contribution in [0, 0.1) is 0 Å². The Morgan fingerprint density at radius 1 is 1.35 bits per heavy atom. The van der Waals surface area contributed by atoms with Crippen LogP contribution in [-0.2, 0) is 4.79 Å². The SMILES string of the molecule is COc1ccccc1NC1(C(=O)O)CCCC1. The number of methoxy groups -OCH3 is 1. The summed E-state index contributed by atoms with van der Waals surface area (Å²) < 4.78 is 5.22. The minimum absolute atomic E-state index is 0.667. The number of carboxylic acids is 1. The van der Waals surface area contributed by atoms with Crippen molar-refractivity contribution < 1.29 is 14.6 Å². The van der Waals surface area contributed by atoms with Crippen LogP contribution in [0.2, 0.25) is 0 Å². The van der Waals surface area contributed by atoms with Gasteiger partial charge in [-0.15, -0.1) is 0 Å². The van der Waals surface area contributed by atoms with Crippen molar-refractivity contribution >= 4 is 11.7 Å². The molecule has 0 heterocycles.